The third-order valence-electron chi connectivity index (χ3n) is 2.05. The van der Waals surface area contributed by atoms with Crippen molar-refractivity contribution in [1.29, 1.82) is 0 Å². The van der Waals surface area contributed by atoms with E-state index in [9.17, 15) is 9.59 Å². The lowest BCUT2D eigenvalue weighted by Crippen LogP contribution is -2.15. The van der Waals surface area contributed by atoms with Crippen LogP contribution in [0.1, 0.15) is 46.5 Å². The predicted octanol–water partition coefficient (Wildman–Crippen LogP) is 2.10. The van der Waals surface area contributed by atoms with E-state index in [-0.39, 0.29) is 17.9 Å². The molecule has 0 aromatic rings. The Kier molecular flexibility index (Phi) is 9.04. The van der Waals surface area contributed by atoms with E-state index in [1.807, 2.05) is 6.92 Å². The zero-order chi connectivity index (χ0) is 12.4. The SMILES string of the molecule is CC(=O)CCCOC(C)OCCCC(C)=O. The molecule has 0 fully saturated rings. The van der Waals surface area contributed by atoms with Gasteiger partial charge in [-0.05, 0) is 33.6 Å². The van der Waals surface area contributed by atoms with Gasteiger partial charge in [0.05, 0.1) is 13.2 Å². The molecule has 16 heavy (non-hydrogen) atoms. The predicted molar refractivity (Wildman–Crippen MR) is 61.2 cm³/mol. The smallest absolute Gasteiger partial charge is 0.154 e. The van der Waals surface area contributed by atoms with Crippen LogP contribution in [0.3, 0.4) is 0 Å². The maximum absolute atomic E-state index is 10.6. The van der Waals surface area contributed by atoms with Crippen molar-refractivity contribution >= 4 is 11.6 Å². The first-order chi connectivity index (χ1) is 7.52. The highest BCUT2D eigenvalue weighted by molar-refractivity contribution is 5.75. The highest BCUT2D eigenvalue weighted by atomic mass is 16.7. The van der Waals surface area contributed by atoms with Gasteiger partial charge in [0, 0.05) is 12.8 Å². The van der Waals surface area contributed by atoms with Crippen LogP contribution in [0.2, 0.25) is 0 Å². The molecule has 0 aromatic heterocycles. The van der Waals surface area contributed by atoms with Crippen molar-refractivity contribution in [2.45, 2.75) is 52.7 Å². The Bertz CT molecular complexity index is 191. The Morgan fingerprint density at radius 3 is 1.62 bits per heavy atom. The van der Waals surface area contributed by atoms with E-state index in [0.717, 1.165) is 12.8 Å². The Morgan fingerprint density at radius 1 is 0.938 bits per heavy atom. The molecule has 0 aliphatic rings. The van der Waals surface area contributed by atoms with Crippen LogP contribution in [-0.4, -0.2) is 31.1 Å². The number of hydrogen-bond donors (Lipinski definition) is 0. The fraction of sp³-hybridized carbons (Fsp3) is 0.833. The minimum atomic E-state index is -0.265. The van der Waals surface area contributed by atoms with Gasteiger partial charge in [0.1, 0.15) is 11.6 Å². The molecule has 0 radical (unpaired) electrons. The van der Waals surface area contributed by atoms with Gasteiger partial charge in [0.2, 0.25) is 0 Å². The van der Waals surface area contributed by atoms with Gasteiger partial charge in [0.15, 0.2) is 6.29 Å². The van der Waals surface area contributed by atoms with Crippen molar-refractivity contribution in [3.8, 4) is 0 Å². The third-order valence-corrected chi connectivity index (χ3v) is 2.05. The Morgan fingerprint density at radius 2 is 1.31 bits per heavy atom. The molecule has 0 N–H and O–H groups in total. The molecule has 0 aliphatic heterocycles. The summed E-state index contributed by atoms with van der Waals surface area (Å²) in [5.74, 6) is 0.359. The van der Waals surface area contributed by atoms with Crippen molar-refractivity contribution < 1.29 is 19.1 Å². The van der Waals surface area contributed by atoms with Gasteiger partial charge in [-0.15, -0.1) is 0 Å². The summed E-state index contributed by atoms with van der Waals surface area (Å²) in [5.41, 5.74) is 0. The van der Waals surface area contributed by atoms with Gasteiger partial charge in [-0.1, -0.05) is 0 Å². The second-order valence-electron chi connectivity index (χ2n) is 3.92. The summed E-state index contributed by atoms with van der Waals surface area (Å²) in [7, 11) is 0. The molecule has 0 aliphatic carbocycles. The number of carbonyl (C=O) groups is 2. The van der Waals surface area contributed by atoms with E-state index in [1.54, 1.807) is 13.8 Å². The van der Waals surface area contributed by atoms with Crippen molar-refractivity contribution in [3.05, 3.63) is 0 Å². The normalized spacial score (nSPS) is 10.8. The average molecular weight is 230 g/mol. The van der Waals surface area contributed by atoms with E-state index in [1.165, 1.54) is 0 Å². The van der Waals surface area contributed by atoms with Crippen molar-refractivity contribution in [2.75, 3.05) is 13.2 Å². The lowest BCUT2D eigenvalue weighted by Gasteiger charge is -2.13. The third kappa shape index (κ3) is 11.3. The average Bonchev–Trinajstić information content (AvgIpc) is 2.19. The highest BCUT2D eigenvalue weighted by Gasteiger charge is 2.02. The number of rotatable bonds is 10. The minimum absolute atomic E-state index is 0.179. The molecule has 0 saturated heterocycles. The molecule has 94 valence electrons. The standard InChI is InChI=1S/C12H22O4/c1-10(13)6-4-8-15-12(3)16-9-5-7-11(2)14/h12H,4-9H2,1-3H3. The summed E-state index contributed by atoms with van der Waals surface area (Å²) >= 11 is 0. The summed E-state index contributed by atoms with van der Waals surface area (Å²) < 4.78 is 10.7. The summed E-state index contributed by atoms with van der Waals surface area (Å²) in [5, 5.41) is 0. The Hall–Kier alpha value is -0.740. The molecule has 0 unspecified atom stereocenters. The molecular formula is C12H22O4. The lowest BCUT2D eigenvalue weighted by atomic mass is 10.2. The molecule has 0 saturated carbocycles. The van der Waals surface area contributed by atoms with E-state index in [4.69, 9.17) is 9.47 Å². The quantitative estimate of drug-likeness (QED) is 0.426. The number of carbonyl (C=O) groups excluding carboxylic acids is 2. The number of ether oxygens (including phenoxy) is 2. The van der Waals surface area contributed by atoms with Gasteiger partial charge in [-0.25, -0.2) is 0 Å². The Balaban J connectivity index is 3.27. The second-order valence-corrected chi connectivity index (χ2v) is 3.92. The molecule has 0 bridgehead atoms. The molecule has 4 heteroatoms. The van der Waals surface area contributed by atoms with Crippen LogP contribution in [0.5, 0.6) is 0 Å². The summed E-state index contributed by atoms with van der Waals surface area (Å²) in [6.07, 6.45) is 2.31. The molecular weight excluding hydrogens is 208 g/mol. The van der Waals surface area contributed by atoms with Gasteiger partial charge >= 0.3 is 0 Å². The molecule has 0 heterocycles. The van der Waals surface area contributed by atoms with Crippen LogP contribution in [0.25, 0.3) is 0 Å². The van der Waals surface area contributed by atoms with E-state index in [0.29, 0.717) is 26.1 Å². The first-order valence-electron chi connectivity index (χ1n) is 5.74. The first kappa shape index (κ1) is 15.3. The van der Waals surface area contributed by atoms with Crippen LogP contribution >= 0.6 is 0 Å². The monoisotopic (exact) mass is 230 g/mol. The van der Waals surface area contributed by atoms with Gasteiger partial charge in [-0.2, -0.15) is 0 Å². The molecule has 0 amide bonds. The maximum Gasteiger partial charge on any atom is 0.154 e. The zero-order valence-electron chi connectivity index (χ0n) is 10.5. The van der Waals surface area contributed by atoms with Crippen LogP contribution in [-0.2, 0) is 19.1 Å². The minimum Gasteiger partial charge on any atom is -0.353 e. The first-order valence-corrected chi connectivity index (χ1v) is 5.74. The van der Waals surface area contributed by atoms with Gasteiger partial charge in [0.25, 0.3) is 0 Å². The Labute approximate surface area is 97.3 Å². The van der Waals surface area contributed by atoms with Crippen LogP contribution < -0.4 is 0 Å². The fourth-order valence-electron chi connectivity index (χ4n) is 1.19. The van der Waals surface area contributed by atoms with Crippen molar-refractivity contribution in [1.82, 2.24) is 0 Å². The largest absolute Gasteiger partial charge is 0.353 e. The second kappa shape index (κ2) is 9.48. The van der Waals surface area contributed by atoms with Gasteiger partial charge < -0.3 is 19.1 Å². The molecule has 4 nitrogen and oxygen atoms in total. The van der Waals surface area contributed by atoms with Crippen LogP contribution in [0.15, 0.2) is 0 Å². The van der Waals surface area contributed by atoms with Crippen LogP contribution in [0, 0.1) is 0 Å². The topological polar surface area (TPSA) is 52.6 Å². The van der Waals surface area contributed by atoms with Crippen molar-refractivity contribution in [3.63, 3.8) is 0 Å². The van der Waals surface area contributed by atoms with E-state index >= 15 is 0 Å². The van der Waals surface area contributed by atoms with E-state index < -0.39 is 0 Å². The zero-order valence-corrected chi connectivity index (χ0v) is 10.5. The van der Waals surface area contributed by atoms with Crippen molar-refractivity contribution in [2.24, 2.45) is 0 Å². The lowest BCUT2D eigenvalue weighted by molar-refractivity contribution is -0.135. The summed E-state index contributed by atoms with van der Waals surface area (Å²) in [6, 6.07) is 0. The van der Waals surface area contributed by atoms with Gasteiger partial charge in [-0.3, -0.25) is 0 Å². The fourth-order valence-corrected chi connectivity index (χ4v) is 1.19. The number of Topliss-reactive ketones (excluding diaryl/α,β-unsaturated/α-hetero) is 2. The number of ketones is 2. The summed E-state index contributed by atoms with van der Waals surface area (Å²) in [6.45, 7) is 6.03. The van der Waals surface area contributed by atoms with E-state index in [2.05, 4.69) is 0 Å². The molecule has 0 spiro atoms. The van der Waals surface area contributed by atoms with Crippen LogP contribution in [0.4, 0.5) is 0 Å². The molecule has 0 atom stereocenters. The molecule has 0 aromatic carbocycles. The highest BCUT2D eigenvalue weighted by Crippen LogP contribution is 2.00. The summed E-state index contributed by atoms with van der Waals surface area (Å²) in [4.78, 5) is 21.3. The maximum atomic E-state index is 10.6. The number of hydrogen-bond acceptors (Lipinski definition) is 4. The molecule has 0 rings (SSSR count).